The van der Waals surface area contributed by atoms with Crippen LogP contribution in [-0.2, 0) is 26.2 Å². The van der Waals surface area contributed by atoms with Gasteiger partial charge in [-0.05, 0) is 56.4 Å². The number of sulfonamides is 1. The van der Waals surface area contributed by atoms with E-state index in [1.165, 1.54) is 4.90 Å². The summed E-state index contributed by atoms with van der Waals surface area (Å²) < 4.78 is 26.5. The molecule has 0 radical (unpaired) electrons. The number of rotatable bonds is 11. The van der Waals surface area contributed by atoms with Gasteiger partial charge in [0.25, 0.3) is 0 Å². The van der Waals surface area contributed by atoms with E-state index in [4.69, 9.17) is 0 Å². The maximum atomic E-state index is 13.7. The molecule has 2 aromatic rings. The zero-order valence-electron chi connectivity index (χ0n) is 21.9. The third-order valence-corrected chi connectivity index (χ3v) is 6.96. The molecule has 0 unspecified atom stereocenters. The molecule has 2 amide bonds. The summed E-state index contributed by atoms with van der Waals surface area (Å²) >= 11 is 0. The summed E-state index contributed by atoms with van der Waals surface area (Å²) in [6.07, 6.45) is 1.49. The number of nitrogens with zero attached hydrogens (tertiary/aromatic N) is 2. The van der Waals surface area contributed by atoms with Crippen LogP contribution in [0.15, 0.2) is 48.5 Å². The maximum absolute atomic E-state index is 13.7. The molecule has 0 fully saturated rings. The summed E-state index contributed by atoms with van der Waals surface area (Å²) in [7, 11) is -3.74. The lowest BCUT2D eigenvalue weighted by molar-refractivity contribution is -0.140. The van der Waals surface area contributed by atoms with Crippen LogP contribution in [0.4, 0.5) is 5.69 Å². The second-order valence-corrected chi connectivity index (χ2v) is 11.5. The van der Waals surface area contributed by atoms with Crippen LogP contribution in [0.5, 0.6) is 0 Å². The highest BCUT2D eigenvalue weighted by Crippen LogP contribution is 2.23. The molecule has 0 heterocycles. The molecule has 35 heavy (non-hydrogen) atoms. The monoisotopic (exact) mass is 501 g/mol. The normalized spacial score (nSPS) is 12.5. The number of nitrogens with one attached hydrogen (secondary N) is 1. The van der Waals surface area contributed by atoms with E-state index in [-0.39, 0.29) is 18.5 Å². The second-order valence-electron chi connectivity index (χ2n) is 9.61. The largest absolute Gasteiger partial charge is 0.352 e. The topological polar surface area (TPSA) is 86.8 Å². The van der Waals surface area contributed by atoms with Gasteiger partial charge in [0.1, 0.15) is 12.6 Å². The van der Waals surface area contributed by atoms with Crippen LogP contribution in [0.25, 0.3) is 0 Å². The Morgan fingerprint density at radius 2 is 1.51 bits per heavy atom. The van der Waals surface area contributed by atoms with E-state index in [1.54, 1.807) is 12.1 Å². The molecule has 0 saturated carbocycles. The number of benzene rings is 2. The van der Waals surface area contributed by atoms with E-state index in [0.717, 1.165) is 27.3 Å². The Hall–Kier alpha value is -2.87. The molecule has 0 aliphatic carbocycles. The van der Waals surface area contributed by atoms with Crippen molar-refractivity contribution in [2.24, 2.45) is 0 Å². The Labute approximate surface area is 210 Å². The molecule has 0 spiro atoms. The van der Waals surface area contributed by atoms with Gasteiger partial charge in [0.05, 0.1) is 11.9 Å². The summed E-state index contributed by atoms with van der Waals surface area (Å²) in [5, 5.41) is 2.89. The zero-order chi connectivity index (χ0) is 26.3. The maximum Gasteiger partial charge on any atom is 0.244 e. The number of carbonyl (C=O) groups is 2. The predicted molar refractivity (Wildman–Crippen MR) is 142 cm³/mol. The van der Waals surface area contributed by atoms with Crippen molar-refractivity contribution < 1.29 is 18.0 Å². The minimum absolute atomic E-state index is 0.0835. The average molecular weight is 502 g/mol. The van der Waals surface area contributed by atoms with E-state index in [1.807, 2.05) is 64.1 Å². The number of carbonyl (C=O) groups excluding carboxylic acids is 2. The number of amides is 2. The first-order chi connectivity index (χ1) is 16.3. The summed E-state index contributed by atoms with van der Waals surface area (Å²) in [5.74, 6) is -0.392. The zero-order valence-corrected chi connectivity index (χ0v) is 22.7. The fourth-order valence-corrected chi connectivity index (χ4v) is 4.68. The Balaban J connectivity index is 2.42. The Morgan fingerprint density at radius 3 is 1.97 bits per heavy atom. The molecular weight excluding hydrogens is 462 g/mol. The van der Waals surface area contributed by atoms with Crippen molar-refractivity contribution in [3.8, 4) is 0 Å². The van der Waals surface area contributed by atoms with E-state index < -0.39 is 28.5 Å². The standard InChI is InChI=1S/C27H39N3O4S/c1-8-25(27(32)28-20(4)5)29(17-22-11-9-21(6)10-12-22)26(31)18-30(35(7,33)34)24-15-13-23(14-16-24)19(2)3/h9-16,19-20,25H,8,17-18H2,1-7H3,(H,28,32)/t25-/m1/s1. The van der Waals surface area contributed by atoms with Crippen molar-refractivity contribution in [1.29, 1.82) is 0 Å². The molecular formula is C27H39N3O4S. The molecule has 8 heteroatoms. The van der Waals surface area contributed by atoms with Crippen LogP contribution in [-0.4, -0.2) is 50.0 Å². The number of anilines is 1. The minimum atomic E-state index is -3.74. The van der Waals surface area contributed by atoms with Crippen molar-refractivity contribution in [1.82, 2.24) is 10.2 Å². The Morgan fingerprint density at radius 1 is 0.943 bits per heavy atom. The van der Waals surface area contributed by atoms with Gasteiger partial charge in [-0.2, -0.15) is 0 Å². The molecule has 0 aromatic heterocycles. The van der Waals surface area contributed by atoms with Gasteiger partial charge in [0.15, 0.2) is 0 Å². The number of aryl methyl sites for hydroxylation is 1. The van der Waals surface area contributed by atoms with E-state index >= 15 is 0 Å². The van der Waals surface area contributed by atoms with Gasteiger partial charge in [-0.1, -0.05) is 62.7 Å². The van der Waals surface area contributed by atoms with Crippen molar-refractivity contribution in [2.75, 3.05) is 17.1 Å². The van der Waals surface area contributed by atoms with Crippen LogP contribution in [0.3, 0.4) is 0 Å². The smallest absolute Gasteiger partial charge is 0.244 e. The highest BCUT2D eigenvalue weighted by molar-refractivity contribution is 7.92. The fourth-order valence-electron chi connectivity index (χ4n) is 3.83. The quantitative estimate of drug-likeness (QED) is 0.500. The first kappa shape index (κ1) is 28.4. The molecule has 0 aliphatic heterocycles. The molecule has 0 saturated heterocycles. The summed E-state index contributed by atoms with van der Waals surface area (Å²) in [5.41, 5.74) is 3.45. The molecule has 192 valence electrons. The van der Waals surface area contributed by atoms with Crippen LogP contribution >= 0.6 is 0 Å². The van der Waals surface area contributed by atoms with Gasteiger partial charge in [-0.15, -0.1) is 0 Å². The van der Waals surface area contributed by atoms with Crippen molar-refractivity contribution >= 4 is 27.5 Å². The first-order valence-electron chi connectivity index (χ1n) is 12.1. The number of hydrogen-bond donors (Lipinski definition) is 1. The molecule has 1 atom stereocenters. The van der Waals surface area contributed by atoms with E-state index in [9.17, 15) is 18.0 Å². The lowest BCUT2D eigenvalue weighted by Crippen LogP contribution is -2.53. The second kappa shape index (κ2) is 12.2. The lowest BCUT2D eigenvalue weighted by Gasteiger charge is -2.33. The van der Waals surface area contributed by atoms with Crippen LogP contribution in [0.2, 0.25) is 0 Å². The molecule has 2 aromatic carbocycles. The highest BCUT2D eigenvalue weighted by atomic mass is 32.2. The van der Waals surface area contributed by atoms with Gasteiger partial charge >= 0.3 is 0 Å². The summed E-state index contributed by atoms with van der Waals surface area (Å²) in [6, 6.07) is 14.1. The van der Waals surface area contributed by atoms with Gasteiger partial charge in [-0.3, -0.25) is 13.9 Å². The van der Waals surface area contributed by atoms with Crippen molar-refractivity contribution in [2.45, 2.75) is 72.5 Å². The van der Waals surface area contributed by atoms with Crippen molar-refractivity contribution in [3.63, 3.8) is 0 Å². The summed E-state index contributed by atoms with van der Waals surface area (Å²) in [4.78, 5) is 28.1. The Kier molecular flexibility index (Phi) is 9.89. The van der Waals surface area contributed by atoms with E-state index in [2.05, 4.69) is 19.2 Å². The molecule has 0 aliphatic rings. The van der Waals surface area contributed by atoms with Crippen LogP contribution in [0.1, 0.15) is 63.6 Å². The fraction of sp³-hybridized carbons (Fsp3) is 0.481. The third kappa shape index (κ3) is 8.09. The van der Waals surface area contributed by atoms with Crippen LogP contribution < -0.4 is 9.62 Å². The van der Waals surface area contributed by atoms with Crippen molar-refractivity contribution in [3.05, 3.63) is 65.2 Å². The molecule has 7 nitrogen and oxygen atoms in total. The predicted octanol–water partition coefficient (Wildman–Crippen LogP) is 4.22. The summed E-state index contributed by atoms with van der Waals surface area (Å²) in [6.45, 7) is 11.5. The SMILES string of the molecule is CC[C@H](C(=O)NC(C)C)N(Cc1ccc(C)cc1)C(=O)CN(c1ccc(C(C)C)cc1)S(C)(=O)=O. The van der Waals surface area contributed by atoms with Gasteiger partial charge in [-0.25, -0.2) is 8.42 Å². The number of hydrogen-bond acceptors (Lipinski definition) is 4. The average Bonchev–Trinajstić information content (AvgIpc) is 2.77. The first-order valence-corrected chi connectivity index (χ1v) is 13.9. The molecule has 1 N–H and O–H groups in total. The third-order valence-electron chi connectivity index (χ3n) is 5.82. The van der Waals surface area contributed by atoms with Gasteiger partial charge < -0.3 is 10.2 Å². The van der Waals surface area contributed by atoms with E-state index in [0.29, 0.717) is 18.0 Å². The highest BCUT2D eigenvalue weighted by Gasteiger charge is 2.32. The van der Waals surface area contributed by atoms with Crippen LogP contribution in [0, 0.1) is 6.92 Å². The van der Waals surface area contributed by atoms with Gasteiger partial charge in [0.2, 0.25) is 21.8 Å². The Bertz CT molecular complexity index is 1090. The molecule has 2 rings (SSSR count). The lowest BCUT2D eigenvalue weighted by atomic mass is 10.0. The minimum Gasteiger partial charge on any atom is -0.352 e. The molecule has 0 bridgehead atoms. The van der Waals surface area contributed by atoms with Gasteiger partial charge in [0, 0.05) is 12.6 Å².